The Bertz CT molecular complexity index is 1640. The average molecular weight is 646 g/mol. The number of sulfonamides is 1. The van der Waals surface area contributed by atoms with Crippen LogP contribution >= 0.6 is 0 Å². The molecule has 1 aromatic heterocycles. The van der Waals surface area contributed by atoms with Gasteiger partial charge in [-0.15, -0.1) is 0 Å². The molecule has 2 aliphatic heterocycles. The highest BCUT2D eigenvalue weighted by Gasteiger charge is 2.36. The van der Waals surface area contributed by atoms with E-state index in [0.29, 0.717) is 41.6 Å². The highest BCUT2D eigenvalue weighted by atomic mass is 32.2. The molecule has 8 nitrogen and oxygen atoms in total. The minimum absolute atomic E-state index is 0.0158. The summed E-state index contributed by atoms with van der Waals surface area (Å²) in [6.45, 7) is 8.43. The molecular formula is C32H35F4N5O3S. The van der Waals surface area contributed by atoms with Gasteiger partial charge >= 0.3 is 6.18 Å². The number of hydrogen-bond donors (Lipinski definition) is 1. The zero-order valence-electron chi connectivity index (χ0n) is 25.0. The lowest BCUT2D eigenvalue weighted by atomic mass is 10.1. The van der Waals surface area contributed by atoms with Gasteiger partial charge in [-0.2, -0.15) is 17.5 Å². The Labute approximate surface area is 260 Å². The van der Waals surface area contributed by atoms with Crippen molar-refractivity contribution in [1.29, 1.82) is 0 Å². The Balaban J connectivity index is 1.36. The number of alkyl halides is 3. The molecule has 45 heavy (non-hydrogen) atoms. The maximum absolute atomic E-state index is 13.4. The molecule has 3 aromatic rings. The molecule has 0 bridgehead atoms. The number of carbonyl (C=O) groups is 1. The third-order valence-electron chi connectivity index (χ3n) is 7.77. The van der Waals surface area contributed by atoms with Gasteiger partial charge in [0.2, 0.25) is 15.9 Å². The smallest absolute Gasteiger partial charge is 0.354 e. The summed E-state index contributed by atoms with van der Waals surface area (Å²) >= 11 is 0. The summed E-state index contributed by atoms with van der Waals surface area (Å²) in [7, 11) is -4.08. The molecule has 1 saturated heterocycles. The highest BCUT2D eigenvalue weighted by Crippen LogP contribution is 2.32. The summed E-state index contributed by atoms with van der Waals surface area (Å²) in [6, 6.07) is 11.6. The maximum Gasteiger partial charge on any atom is 0.416 e. The molecule has 3 heterocycles. The van der Waals surface area contributed by atoms with Crippen LogP contribution in [0.2, 0.25) is 0 Å². The van der Waals surface area contributed by atoms with E-state index in [9.17, 15) is 30.8 Å². The third kappa shape index (κ3) is 7.71. The second-order valence-corrected chi connectivity index (χ2v) is 13.5. The van der Waals surface area contributed by atoms with Crippen LogP contribution in [0.1, 0.15) is 25.0 Å². The molecule has 1 amide bonds. The molecule has 1 fully saturated rings. The second-order valence-electron chi connectivity index (χ2n) is 11.6. The van der Waals surface area contributed by atoms with E-state index in [4.69, 9.17) is 4.98 Å². The molecule has 0 spiro atoms. The fraction of sp³-hybridized carbons (Fsp3) is 0.375. The average Bonchev–Trinajstić information content (AvgIpc) is 3.51. The molecule has 5 rings (SSSR count). The van der Waals surface area contributed by atoms with Gasteiger partial charge in [-0.05, 0) is 60.0 Å². The van der Waals surface area contributed by atoms with Crippen molar-refractivity contribution in [2.75, 3.05) is 44.2 Å². The van der Waals surface area contributed by atoms with Crippen molar-refractivity contribution in [2.24, 2.45) is 5.92 Å². The first kappa shape index (κ1) is 32.6. The van der Waals surface area contributed by atoms with Crippen LogP contribution < -0.4 is 10.2 Å². The first-order valence-electron chi connectivity index (χ1n) is 14.7. The number of nitrogens with one attached hydrogen (secondary N) is 1. The fourth-order valence-corrected chi connectivity index (χ4v) is 6.99. The zero-order chi connectivity index (χ0) is 32.4. The normalized spacial score (nSPS) is 18.1. The van der Waals surface area contributed by atoms with E-state index < -0.39 is 39.5 Å². The van der Waals surface area contributed by atoms with E-state index in [2.05, 4.69) is 29.0 Å². The maximum atomic E-state index is 13.4. The van der Waals surface area contributed by atoms with Gasteiger partial charge in [0.05, 0.1) is 16.2 Å². The summed E-state index contributed by atoms with van der Waals surface area (Å²) < 4.78 is 80.5. The Morgan fingerprint density at radius 1 is 1.00 bits per heavy atom. The minimum Gasteiger partial charge on any atom is -0.354 e. The topological polar surface area (TPSA) is 85.9 Å². The van der Waals surface area contributed by atoms with Gasteiger partial charge in [-0.25, -0.2) is 17.8 Å². The molecule has 240 valence electrons. The van der Waals surface area contributed by atoms with Gasteiger partial charge in [0.1, 0.15) is 17.7 Å². The van der Waals surface area contributed by atoms with Gasteiger partial charge in [0.15, 0.2) is 0 Å². The predicted octanol–water partition coefficient (Wildman–Crippen LogP) is 4.93. The quantitative estimate of drug-likeness (QED) is 0.263. The number of halogens is 4. The van der Waals surface area contributed by atoms with Crippen LogP contribution in [-0.2, 0) is 27.5 Å². The van der Waals surface area contributed by atoms with Crippen LogP contribution in [0.25, 0.3) is 11.3 Å². The first-order valence-corrected chi connectivity index (χ1v) is 16.1. The molecule has 0 saturated carbocycles. The second kappa shape index (κ2) is 13.3. The van der Waals surface area contributed by atoms with Crippen molar-refractivity contribution >= 4 is 21.7 Å². The van der Waals surface area contributed by atoms with Crippen LogP contribution in [0.3, 0.4) is 0 Å². The molecule has 2 aliphatic rings. The van der Waals surface area contributed by atoms with E-state index in [-0.39, 0.29) is 18.0 Å². The molecule has 0 aliphatic carbocycles. The lowest BCUT2D eigenvalue weighted by Crippen LogP contribution is -2.47. The molecule has 2 aromatic carbocycles. The Kier molecular flexibility index (Phi) is 9.61. The number of carbonyl (C=O) groups excluding carboxylic acids is 1. The number of anilines is 1. The van der Waals surface area contributed by atoms with Gasteiger partial charge in [-0.1, -0.05) is 38.1 Å². The van der Waals surface area contributed by atoms with Crippen molar-refractivity contribution < 1.29 is 30.8 Å². The van der Waals surface area contributed by atoms with Crippen molar-refractivity contribution in [1.82, 2.24) is 19.5 Å². The molecule has 1 atom stereocenters. The fourth-order valence-electron chi connectivity index (χ4n) is 5.49. The Hall–Kier alpha value is -3.81. The van der Waals surface area contributed by atoms with Crippen LogP contribution in [0.5, 0.6) is 0 Å². The standard InChI is InChI=1S/C32H35F4N5O3S/c1-22(2)21-39-14-16-40(17-15-39)30-19-23(18-28(38-30)24-5-7-25(8-6-24)32(34,35)36)20-37-31(42)29-4-3-13-41(29)45(43,44)27-11-9-26(33)10-12-27/h3-12,18-19,22,29H,13-17,20-21H2,1-2H3,(H,37,42). The molecule has 1 unspecified atom stereocenters. The summed E-state index contributed by atoms with van der Waals surface area (Å²) in [5.41, 5.74) is 0.839. The number of benzene rings is 2. The van der Waals surface area contributed by atoms with E-state index in [1.807, 2.05) is 6.07 Å². The van der Waals surface area contributed by atoms with Crippen molar-refractivity contribution in [3.8, 4) is 11.3 Å². The molecule has 13 heteroatoms. The lowest BCUT2D eigenvalue weighted by molar-refractivity contribution is -0.137. The van der Waals surface area contributed by atoms with Crippen molar-refractivity contribution in [2.45, 2.75) is 37.5 Å². The van der Waals surface area contributed by atoms with Crippen LogP contribution in [0, 0.1) is 11.7 Å². The third-order valence-corrected chi connectivity index (χ3v) is 9.63. The Morgan fingerprint density at radius 3 is 2.29 bits per heavy atom. The number of amides is 1. The Morgan fingerprint density at radius 2 is 1.67 bits per heavy atom. The number of hydrogen-bond acceptors (Lipinski definition) is 6. The summed E-state index contributed by atoms with van der Waals surface area (Å²) in [5.74, 6) is 0.0464. The number of piperazine rings is 1. The number of nitrogens with zero attached hydrogens (tertiary/aromatic N) is 4. The number of pyridine rings is 1. The summed E-state index contributed by atoms with van der Waals surface area (Å²) in [5, 5.41) is 2.81. The molecular weight excluding hydrogens is 610 g/mol. The summed E-state index contributed by atoms with van der Waals surface area (Å²) in [6.07, 6.45) is -1.39. The monoisotopic (exact) mass is 645 g/mol. The van der Waals surface area contributed by atoms with Gasteiger partial charge in [0, 0.05) is 51.4 Å². The summed E-state index contributed by atoms with van der Waals surface area (Å²) in [4.78, 5) is 22.4. The number of rotatable bonds is 9. The highest BCUT2D eigenvalue weighted by molar-refractivity contribution is 7.89. The van der Waals surface area contributed by atoms with Gasteiger partial charge in [-0.3, -0.25) is 9.69 Å². The lowest BCUT2D eigenvalue weighted by Gasteiger charge is -2.36. The van der Waals surface area contributed by atoms with Crippen molar-refractivity contribution in [3.63, 3.8) is 0 Å². The van der Waals surface area contributed by atoms with Crippen molar-refractivity contribution in [3.05, 3.63) is 89.8 Å². The molecule has 1 N–H and O–H groups in total. The predicted molar refractivity (Wildman–Crippen MR) is 163 cm³/mol. The zero-order valence-corrected chi connectivity index (χ0v) is 25.8. The van der Waals surface area contributed by atoms with Crippen LogP contribution in [0.4, 0.5) is 23.4 Å². The van der Waals surface area contributed by atoms with E-state index in [1.54, 1.807) is 12.1 Å². The largest absolute Gasteiger partial charge is 0.416 e. The van der Waals surface area contributed by atoms with E-state index in [0.717, 1.165) is 60.3 Å². The van der Waals surface area contributed by atoms with Gasteiger partial charge < -0.3 is 10.2 Å². The van der Waals surface area contributed by atoms with E-state index >= 15 is 0 Å². The van der Waals surface area contributed by atoms with Gasteiger partial charge in [0.25, 0.3) is 0 Å². The molecule has 0 radical (unpaired) electrons. The van der Waals surface area contributed by atoms with E-state index in [1.165, 1.54) is 18.2 Å². The number of aromatic nitrogens is 1. The minimum atomic E-state index is -4.47. The van der Waals surface area contributed by atoms with Crippen LogP contribution in [-0.4, -0.2) is 73.8 Å². The first-order chi connectivity index (χ1) is 21.3. The SMILES string of the molecule is CC(C)CN1CCN(c2cc(CNC(=O)C3C=CCN3S(=O)(=O)c3ccc(F)cc3)cc(-c3ccc(C(F)(F)F)cc3)n2)CC1. The van der Waals surface area contributed by atoms with Crippen LogP contribution in [0.15, 0.2) is 77.7 Å².